The van der Waals surface area contributed by atoms with E-state index in [-0.39, 0.29) is 12.7 Å². The minimum absolute atomic E-state index is 0.0369. The average molecular weight is 242 g/mol. The van der Waals surface area contributed by atoms with E-state index in [1.165, 1.54) is 5.56 Å². The van der Waals surface area contributed by atoms with Crippen molar-refractivity contribution in [3.8, 4) is 0 Å². The second-order valence-electron chi connectivity index (χ2n) is 4.30. The van der Waals surface area contributed by atoms with Gasteiger partial charge in [0.25, 0.3) is 0 Å². The minimum Gasteiger partial charge on any atom is -0.394 e. The SMILES string of the molecule is Cc1ccc([C@@H](OCCO)c2ccccc2)cc1. The number of hydrogen-bond donors (Lipinski definition) is 1. The van der Waals surface area contributed by atoms with Gasteiger partial charge in [0.05, 0.1) is 13.2 Å². The van der Waals surface area contributed by atoms with Gasteiger partial charge >= 0.3 is 0 Å². The summed E-state index contributed by atoms with van der Waals surface area (Å²) in [7, 11) is 0. The lowest BCUT2D eigenvalue weighted by atomic mass is 10.0. The van der Waals surface area contributed by atoms with Crippen LogP contribution >= 0.6 is 0 Å². The van der Waals surface area contributed by atoms with Gasteiger partial charge in [0, 0.05) is 0 Å². The summed E-state index contributed by atoms with van der Waals surface area (Å²) in [4.78, 5) is 0. The fourth-order valence-electron chi connectivity index (χ4n) is 1.92. The molecule has 2 aromatic rings. The summed E-state index contributed by atoms with van der Waals surface area (Å²) in [6, 6.07) is 18.4. The molecule has 0 heterocycles. The molecule has 0 aliphatic carbocycles. The van der Waals surface area contributed by atoms with E-state index in [0.717, 1.165) is 11.1 Å². The molecule has 0 unspecified atom stereocenters. The molecule has 1 N–H and O–H groups in total. The van der Waals surface area contributed by atoms with Gasteiger partial charge in [-0.05, 0) is 18.1 Å². The predicted molar refractivity (Wildman–Crippen MR) is 72.5 cm³/mol. The smallest absolute Gasteiger partial charge is 0.108 e. The Hall–Kier alpha value is -1.64. The highest BCUT2D eigenvalue weighted by molar-refractivity contribution is 5.31. The molecule has 0 aliphatic rings. The lowest BCUT2D eigenvalue weighted by Gasteiger charge is -2.18. The van der Waals surface area contributed by atoms with Gasteiger partial charge < -0.3 is 9.84 Å². The van der Waals surface area contributed by atoms with Gasteiger partial charge in [-0.15, -0.1) is 0 Å². The van der Waals surface area contributed by atoms with Crippen LogP contribution in [0, 0.1) is 6.92 Å². The maximum absolute atomic E-state index is 8.93. The summed E-state index contributed by atoms with van der Waals surface area (Å²) >= 11 is 0. The van der Waals surface area contributed by atoms with Gasteiger partial charge in [0.15, 0.2) is 0 Å². The maximum Gasteiger partial charge on any atom is 0.108 e. The van der Waals surface area contributed by atoms with Crippen LogP contribution in [0.1, 0.15) is 22.8 Å². The van der Waals surface area contributed by atoms with Crippen LogP contribution in [0.3, 0.4) is 0 Å². The molecule has 0 radical (unpaired) electrons. The molecule has 0 saturated heterocycles. The zero-order valence-corrected chi connectivity index (χ0v) is 10.5. The van der Waals surface area contributed by atoms with Gasteiger partial charge in [-0.1, -0.05) is 60.2 Å². The summed E-state index contributed by atoms with van der Waals surface area (Å²) in [5.74, 6) is 0. The summed E-state index contributed by atoms with van der Waals surface area (Å²) < 4.78 is 5.75. The number of aryl methyl sites for hydroxylation is 1. The van der Waals surface area contributed by atoms with E-state index >= 15 is 0 Å². The van der Waals surface area contributed by atoms with E-state index < -0.39 is 0 Å². The molecular weight excluding hydrogens is 224 g/mol. The Bertz CT molecular complexity index is 462. The molecule has 2 heteroatoms. The molecule has 0 aromatic heterocycles. The van der Waals surface area contributed by atoms with Crippen LogP contribution in [0.15, 0.2) is 54.6 Å². The number of aliphatic hydroxyl groups excluding tert-OH is 1. The van der Waals surface area contributed by atoms with E-state index in [1.807, 2.05) is 30.3 Å². The molecule has 1 atom stereocenters. The lowest BCUT2D eigenvalue weighted by Crippen LogP contribution is -2.09. The first kappa shape index (κ1) is 12.8. The fourth-order valence-corrected chi connectivity index (χ4v) is 1.92. The Labute approximate surface area is 108 Å². The molecule has 0 saturated carbocycles. The van der Waals surface area contributed by atoms with E-state index in [9.17, 15) is 0 Å². The van der Waals surface area contributed by atoms with Crippen LogP contribution in [-0.4, -0.2) is 18.3 Å². The van der Waals surface area contributed by atoms with Gasteiger partial charge in [-0.2, -0.15) is 0 Å². The summed E-state index contributed by atoms with van der Waals surface area (Å²) in [6.45, 7) is 2.44. The third kappa shape index (κ3) is 3.19. The molecular formula is C16H18O2. The monoisotopic (exact) mass is 242 g/mol. The summed E-state index contributed by atoms with van der Waals surface area (Å²) in [5.41, 5.74) is 3.45. The summed E-state index contributed by atoms with van der Waals surface area (Å²) in [6.07, 6.45) is -0.112. The Morgan fingerprint density at radius 3 is 2.17 bits per heavy atom. The standard InChI is InChI=1S/C16H18O2/c1-13-7-9-15(10-8-13)16(18-12-11-17)14-5-3-2-4-6-14/h2-10,16-17H,11-12H2,1H3/t16-/m0/s1. The van der Waals surface area contributed by atoms with Gasteiger partial charge in [0.2, 0.25) is 0 Å². The van der Waals surface area contributed by atoms with Crippen LogP contribution in [0.2, 0.25) is 0 Å². The number of aliphatic hydroxyl groups is 1. The third-order valence-corrected chi connectivity index (χ3v) is 2.86. The first-order valence-electron chi connectivity index (χ1n) is 6.15. The van der Waals surface area contributed by atoms with Crippen molar-refractivity contribution >= 4 is 0 Å². The predicted octanol–water partition coefficient (Wildman–Crippen LogP) is 3.09. The molecule has 18 heavy (non-hydrogen) atoms. The highest BCUT2D eigenvalue weighted by atomic mass is 16.5. The van der Waals surface area contributed by atoms with Crippen molar-refractivity contribution in [3.63, 3.8) is 0 Å². The molecule has 0 aliphatic heterocycles. The first-order valence-corrected chi connectivity index (χ1v) is 6.15. The molecule has 2 nitrogen and oxygen atoms in total. The molecule has 0 fully saturated rings. The van der Waals surface area contributed by atoms with Gasteiger partial charge in [0.1, 0.15) is 6.10 Å². The van der Waals surface area contributed by atoms with Crippen LogP contribution < -0.4 is 0 Å². The largest absolute Gasteiger partial charge is 0.394 e. The van der Waals surface area contributed by atoms with Crippen molar-refractivity contribution in [1.29, 1.82) is 0 Å². The molecule has 2 rings (SSSR count). The van der Waals surface area contributed by atoms with Crippen LogP contribution in [0.4, 0.5) is 0 Å². The quantitative estimate of drug-likeness (QED) is 0.873. The van der Waals surface area contributed by atoms with Crippen molar-refractivity contribution in [2.45, 2.75) is 13.0 Å². The van der Waals surface area contributed by atoms with Gasteiger partial charge in [-0.25, -0.2) is 0 Å². The fraction of sp³-hybridized carbons (Fsp3) is 0.250. The first-order chi connectivity index (χ1) is 8.81. The zero-order valence-electron chi connectivity index (χ0n) is 10.5. The Morgan fingerprint density at radius 1 is 0.944 bits per heavy atom. The Kier molecular flexibility index (Phi) is 4.51. The molecule has 0 bridgehead atoms. The number of ether oxygens (including phenoxy) is 1. The van der Waals surface area contributed by atoms with Crippen molar-refractivity contribution in [2.75, 3.05) is 13.2 Å². The number of hydrogen-bond acceptors (Lipinski definition) is 2. The Morgan fingerprint density at radius 2 is 1.56 bits per heavy atom. The molecule has 0 amide bonds. The van der Waals surface area contributed by atoms with Gasteiger partial charge in [-0.3, -0.25) is 0 Å². The van der Waals surface area contributed by atoms with Crippen LogP contribution in [-0.2, 0) is 4.74 Å². The highest BCUT2D eigenvalue weighted by Gasteiger charge is 2.13. The average Bonchev–Trinajstić information content (AvgIpc) is 2.42. The van der Waals surface area contributed by atoms with E-state index in [4.69, 9.17) is 9.84 Å². The van der Waals surface area contributed by atoms with Crippen LogP contribution in [0.5, 0.6) is 0 Å². The Balaban J connectivity index is 2.27. The minimum atomic E-state index is -0.112. The van der Waals surface area contributed by atoms with Crippen molar-refractivity contribution in [3.05, 3.63) is 71.3 Å². The van der Waals surface area contributed by atoms with E-state index in [1.54, 1.807) is 0 Å². The third-order valence-electron chi connectivity index (χ3n) is 2.86. The highest BCUT2D eigenvalue weighted by Crippen LogP contribution is 2.25. The van der Waals surface area contributed by atoms with E-state index in [2.05, 4.69) is 31.2 Å². The van der Waals surface area contributed by atoms with Crippen molar-refractivity contribution in [2.24, 2.45) is 0 Å². The van der Waals surface area contributed by atoms with Crippen molar-refractivity contribution in [1.82, 2.24) is 0 Å². The number of rotatable bonds is 5. The molecule has 94 valence electrons. The second kappa shape index (κ2) is 6.34. The van der Waals surface area contributed by atoms with Crippen LogP contribution in [0.25, 0.3) is 0 Å². The second-order valence-corrected chi connectivity index (χ2v) is 4.30. The maximum atomic E-state index is 8.93. The lowest BCUT2D eigenvalue weighted by molar-refractivity contribution is 0.0501. The normalized spacial score (nSPS) is 12.3. The molecule has 0 spiro atoms. The molecule has 2 aromatic carbocycles. The number of benzene rings is 2. The zero-order chi connectivity index (χ0) is 12.8. The van der Waals surface area contributed by atoms with Crippen molar-refractivity contribution < 1.29 is 9.84 Å². The van der Waals surface area contributed by atoms with E-state index in [0.29, 0.717) is 6.61 Å². The topological polar surface area (TPSA) is 29.5 Å². The summed E-state index contributed by atoms with van der Waals surface area (Å²) in [5, 5.41) is 8.93.